The molecule has 0 bridgehead atoms. The molecule has 3 heterocycles. The molecule has 18 atom stereocenters. The highest BCUT2D eigenvalue weighted by atomic mass is 32.1. The molecule has 2 aromatic carbocycles. The van der Waals surface area contributed by atoms with Crippen LogP contribution < -0.4 is 102 Å². The third kappa shape index (κ3) is 41.1. The highest BCUT2D eigenvalue weighted by molar-refractivity contribution is 7.80. The lowest BCUT2D eigenvalue weighted by Gasteiger charge is -2.32. The van der Waals surface area contributed by atoms with Gasteiger partial charge in [0.2, 0.25) is 118 Å². The van der Waals surface area contributed by atoms with Crippen molar-refractivity contribution in [2.45, 2.75) is 302 Å². The highest BCUT2D eigenvalue weighted by Crippen LogP contribution is 2.26. The van der Waals surface area contributed by atoms with E-state index in [0.717, 1.165) is 21.4 Å². The zero-order valence-corrected chi connectivity index (χ0v) is 86.4. The molecule has 3 aromatic rings. The lowest BCUT2D eigenvalue weighted by atomic mass is 9.96. The average Bonchev–Trinajstić information content (AvgIpc) is 1.70. The van der Waals surface area contributed by atoms with E-state index in [-0.39, 0.29) is 100 Å². The number of nitrogens with two attached hydrogens (primary N) is 2. The lowest BCUT2D eigenvalue weighted by Crippen LogP contribution is -2.61. The van der Waals surface area contributed by atoms with Gasteiger partial charge in [-0.25, -0.2) is 4.79 Å². The molecule has 26 N–H and O–H groups in total. The number of nitrogens with zero attached hydrogens (tertiary/aromatic N) is 2. The van der Waals surface area contributed by atoms with Crippen LogP contribution in [-0.2, 0) is 123 Å². The number of hydrogen-bond donors (Lipinski definition) is 25. The summed E-state index contributed by atoms with van der Waals surface area (Å²) >= 11 is 4.21. The van der Waals surface area contributed by atoms with Crippen molar-refractivity contribution in [1.29, 1.82) is 0 Å². The van der Waals surface area contributed by atoms with Gasteiger partial charge in [0, 0.05) is 55.2 Å². The number of carboxylic acids is 3. The minimum absolute atomic E-state index is 0.0346. The summed E-state index contributed by atoms with van der Waals surface area (Å²) in [6, 6.07) is -8.38. The molecule has 0 radical (unpaired) electrons. The van der Waals surface area contributed by atoms with Crippen molar-refractivity contribution < 1.29 is 131 Å². The number of aliphatic hydroxyl groups excluding tert-OH is 1. The number of para-hydroxylation sites is 1. The lowest BCUT2D eigenvalue weighted by molar-refractivity contribution is -0.147. The number of amides is 20. The van der Waals surface area contributed by atoms with E-state index in [4.69, 9.17) is 16.6 Å². The minimum atomic E-state index is -1.80. The van der Waals surface area contributed by atoms with Crippen molar-refractivity contribution in [2.75, 3.05) is 45.1 Å². The molecular weight excluding hydrogens is 1940 g/mol. The van der Waals surface area contributed by atoms with Crippen LogP contribution in [0.5, 0.6) is 0 Å². The first kappa shape index (κ1) is 124. The number of fused-ring (bicyclic) bond motifs is 1. The zero-order chi connectivity index (χ0) is 110. The zero-order valence-electron chi connectivity index (χ0n) is 85.5. The second kappa shape index (κ2) is 60.9. The van der Waals surface area contributed by atoms with Crippen molar-refractivity contribution in [3.8, 4) is 0 Å². The standard InChI is InChI=1S/C97H148N22O27S/c1-15-53(12)80(94(142)114-67(39-56-23-17-16-18-24-56)96(144)118-33-21-27-71(118)91(139)103-45-75(123)107-68(97(145)146)41-78(127)128)117-92(140)72-28-22-34-119(72)95(143)62(29-31-73(99)121)106-74(122)44-102-84(132)63(35-48(2)3)110-87(135)66(38-51(8)9)112-88(136)65(37-50(6)7)111-85(133)61(30-32-77(125)126)109-82(130)55(14)105-86(134)64(36-49(4)5)113-93(141)79(52(10)11)116-90(138)70(47-147)108-76(124)43-101-81(129)54(13)104-89(137)69(46-120)115-83(131)59(98)40-57-42-100-60-26-20-19-25-58(57)60/h16-20,23-26,42,48-55,59,61-72,79-80,100,120,147H,15,21-22,27-41,43-47,98H2,1-14H3,(H2,99,121)(H,101,129)(H,102,132)(H,103,139)(H,104,137)(H,105,134)(H,106,122)(H,107,123)(H,108,124)(H,109,130)(H,110,135)(H,111,133)(H,112,136)(H,113,141)(H,114,142)(H,115,131)(H,116,138)(H,117,140)(H,125,126)(H,127,128)(H,145,146)/t53-,54-,55-,59-,61-,62-,63-,64-,65-,66-,67-,68-,69-,70-,71-,72-,79-,80-/m0/s1. The maximum absolute atomic E-state index is 14.7. The molecule has 5 rings (SSSR count). The summed E-state index contributed by atoms with van der Waals surface area (Å²) in [4.78, 5) is 319. The third-order valence-electron chi connectivity index (χ3n) is 24.5. The maximum atomic E-state index is 14.7. The van der Waals surface area contributed by atoms with Crippen LogP contribution in [-0.4, -0.2) is 319 Å². The number of aliphatic carboxylic acids is 3. The number of likely N-dealkylation sites (tertiary alicyclic amines) is 2. The number of aliphatic hydroxyl groups is 1. The first-order valence-corrected chi connectivity index (χ1v) is 50.0. The molecule has 2 fully saturated rings. The SMILES string of the molecule is CC[C@H](C)[C@H](NC(=O)[C@@H]1CCCN1C(=O)[C@H](CCC(N)=O)NC(=O)CNC(=O)[C@H](CC(C)C)NC(=O)[C@H](CC(C)C)NC(=O)[C@H](CC(C)C)NC(=O)[C@H](CCC(=O)O)NC(=O)[C@H](C)NC(=O)[C@H](CC(C)C)NC(=O)[C@@H](NC(=O)[C@H](CS)NC(=O)CNC(=O)[C@H](C)NC(=O)[C@H](CO)NC(=O)[C@@H](N)Cc1c[nH]c2ccccc12)C(C)C)C(=O)N[C@@H](Cc1ccccc1)C(=O)N1CCC[C@H]1C(=O)NCC(=O)N[C@@H](CC(=O)O)C(=O)O. The summed E-state index contributed by atoms with van der Waals surface area (Å²) in [5, 5.41) is 81.6. The third-order valence-corrected chi connectivity index (χ3v) is 24.8. The smallest absolute Gasteiger partial charge is 0.326 e. The topological polar surface area (TPSA) is 752 Å². The van der Waals surface area contributed by atoms with Gasteiger partial charge in [0.25, 0.3) is 0 Å². The molecule has 50 heteroatoms. The summed E-state index contributed by atoms with van der Waals surface area (Å²) in [5.41, 5.74) is 13.9. The summed E-state index contributed by atoms with van der Waals surface area (Å²) in [6.45, 7) is 19.6. The Morgan fingerprint density at radius 2 is 0.837 bits per heavy atom. The van der Waals surface area contributed by atoms with Gasteiger partial charge in [0.15, 0.2) is 0 Å². The summed E-state index contributed by atoms with van der Waals surface area (Å²) in [7, 11) is 0. The van der Waals surface area contributed by atoms with Crippen molar-refractivity contribution in [3.63, 3.8) is 0 Å². The van der Waals surface area contributed by atoms with Gasteiger partial charge < -0.3 is 137 Å². The van der Waals surface area contributed by atoms with Crippen LogP contribution in [0.4, 0.5) is 0 Å². The first-order chi connectivity index (χ1) is 69.2. The van der Waals surface area contributed by atoms with Crippen molar-refractivity contribution in [2.24, 2.45) is 47.0 Å². The Hall–Kier alpha value is -13.9. The molecule has 0 saturated carbocycles. The number of rotatable bonds is 62. The molecule has 2 saturated heterocycles. The second-order valence-electron chi connectivity index (χ2n) is 39.0. The molecule has 2 aliphatic heterocycles. The summed E-state index contributed by atoms with van der Waals surface area (Å²) < 4.78 is 0. The fourth-order valence-electron chi connectivity index (χ4n) is 16.4. The highest BCUT2D eigenvalue weighted by Gasteiger charge is 2.45. The number of H-pyrrole nitrogens is 1. The van der Waals surface area contributed by atoms with Crippen molar-refractivity contribution >= 4 is 160 Å². The van der Waals surface area contributed by atoms with Gasteiger partial charge in [-0.3, -0.25) is 105 Å². The number of thiol groups is 1. The van der Waals surface area contributed by atoms with Gasteiger partial charge in [-0.05, 0) is 137 Å². The Bertz CT molecular complexity index is 5120. The largest absolute Gasteiger partial charge is 0.481 e. The number of carbonyl (C=O) groups is 23. The average molecular weight is 2090 g/mol. The van der Waals surface area contributed by atoms with E-state index in [1.165, 1.54) is 18.7 Å². The fraction of sp³-hybridized carbons (Fsp3) is 0.619. The van der Waals surface area contributed by atoms with E-state index in [1.54, 1.807) is 120 Å². The number of hydrogen-bond acceptors (Lipinski definition) is 26. The van der Waals surface area contributed by atoms with Gasteiger partial charge in [0.05, 0.1) is 38.7 Å². The number of carboxylic acid groups (broad SMARTS) is 3. The van der Waals surface area contributed by atoms with Crippen molar-refractivity contribution in [3.05, 3.63) is 71.9 Å². The molecule has 20 amide bonds. The van der Waals surface area contributed by atoms with E-state index in [1.807, 2.05) is 29.6 Å². The quantitative estimate of drug-likeness (QED) is 0.0239. The molecule has 2 aliphatic rings. The van der Waals surface area contributed by atoms with E-state index in [2.05, 4.69) is 103 Å². The fourth-order valence-corrected chi connectivity index (χ4v) is 16.6. The van der Waals surface area contributed by atoms with Crippen LogP contribution >= 0.6 is 12.6 Å². The number of carbonyl (C=O) groups excluding carboxylic acids is 20. The minimum Gasteiger partial charge on any atom is -0.481 e. The molecule has 814 valence electrons. The van der Waals surface area contributed by atoms with Crippen LogP contribution in [0.25, 0.3) is 10.9 Å². The van der Waals surface area contributed by atoms with Crippen LogP contribution in [0.3, 0.4) is 0 Å². The Kier molecular flexibility index (Phi) is 51.1. The predicted octanol–water partition coefficient (Wildman–Crippen LogP) is -4.06. The number of primary amides is 1. The van der Waals surface area contributed by atoms with Crippen LogP contribution in [0, 0.1) is 35.5 Å². The number of aromatic nitrogens is 1. The van der Waals surface area contributed by atoms with Gasteiger partial charge in [-0.1, -0.05) is 138 Å². The molecule has 1 aromatic heterocycles. The normalized spacial score (nSPS) is 16.7. The summed E-state index contributed by atoms with van der Waals surface area (Å²) in [6.07, 6.45) is -0.623. The van der Waals surface area contributed by atoms with Gasteiger partial charge >= 0.3 is 17.9 Å². The Morgan fingerprint density at radius 1 is 0.415 bits per heavy atom. The molecule has 0 spiro atoms. The number of benzene rings is 2. The van der Waals surface area contributed by atoms with E-state index < -0.39 is 309 Å². The second-order valence-corrected chi connectivity index (χ2v) is 39.4. The number of aromatic amines is 1. The number of nitrogens with one attached hydrogen (secondary N) is 18. The Morgan fingerprint density at radius 3 is 1.33 bits per heavy atom. The molecule has 49 nitrogen and oxygen atoms in total. The van der Waals surface area contributed by atoms with Crippen LogP contribution in [0.1, 0.15) is 198 Å². The van der Waals surface area contributed by atoms with Crippen molar-refractivity contribution in [1.82, 2.24) is 105 Å². The Balaban J connectivity index is 1.21. The van der Waals surface area contributed by atoms with Gasteiger partial charge in [-0.2, -0.15) is 12.6 Å². The van der Waals surface area contributed by atoms with Crippen LogP contribution in [0.15, 0.2) is 60.8 Å². The molecule has 147 heavy (non-hydrogen) atoms. The van der Waals surface area contributed by atoms with Gasteiger partial charge in [-0.15, -0.1) is 0 Å². The monoisotopic (exact) mass is 2090 g/mol. The first-order valence-electron chi connectivity index (χ1n) is 49.3. The Labute approximate surface area is 857 Å². The van der Waals surface area contributed by atoms with E-state index >= 15 is 0 Å². The van der Waals surface area contributed by atoms with Crippen LogP contribution in [0.2, 0.25) is 0 Å². The molecule has 0 unspecified atom stereocenters. The van der Waals surface area contributed by atoms with E-state index in [0.29, 0.717) is 18.4 Å². The maximum Gasteiger partial charge on any atom is 0.326 e. The predicted molar refractivity (Wildman–Crippen MR) is 535 cm³/mol. The molecular formula is C97H148N22O27S. The molecule has 0 aliphatic carbocycles. The summed E-state index contributed by atoms with van der Waals surface area (Å²) in [5.74, 6) is -25.4. The van der Waals surface area contributed by atoms with E-state index in [9.17, 15) is 126 Å². The van der Waals surface area contributed by atoms with Gasteiger partial charge in [0.1, 0.15) is 96.7 Å².